The maximum absolute atomic E-state index is 9.93. The molecule has 0 aromatic heterocycles. The second-order valence-corrected chi connectivity index (χ2v) is 3.10. The fraction of sp³-hybridized carbons (Fsp3) is 0. The molecule has 2 radical (unpaired) electrons. The minimum atomic E-state index is -1.66. The Morgan fingerprint density at radius 3 is 1.30 bits per heavy atom. The minimum absolute atomic E-state index is 0. The van der Waals surface area contributed by atoms with Gasteiger partial charge in [0.2, 0.25) is 0 Å². The van der Waals surface area contributed by atoms with Crippen LogP contribution in [0, 0.1) is 0 Å². The van der Waals surface area contributed by atoms with Crippen LogP contribution < -0.4 is 0 Å². The second kappa shape index (κ2) is 6.86. The van der Waals surface area contributed by atoms with Crippen molar-refractivity contribution in [3.8, 4) is 0 Å². The summed E-state index contributed by atoms with van der Waals surface area (Å²) in [5.74, 6) is -1.63. The third kappa shape index (κ3) is 3.71. The van der Waals surface area contributed by atoms with Gasteiger partial charge in [-0.2, -0.15) is 0 Å². The van der Waals surface area contributed by atoms with Crippen LogP contribution in [0.2, 0.25) is 0 Å². The third-order valence-corrected chi connectivity index (χ3v) is 2.52. The number of carbonyl (C=O) groups excluding carboxylic acids is 2. The van der Waals surface area contributed by atoms with Gasteiger partial charge in [-0.1, -0.05) is 0 Å². The van der Waals surface area contributed by atoms with Gasteiger partial charge in [-0.3, -0.25) is 0 Å². The van der Waals surface area contributed by atoms with Gasteiger partial charge in [0.05, 0.1) is 0 Å². The van der Waals surface area contributed by atoms with Gasteiger partial charge in [0.15, 0.2) is 0 Å². The predicted octanol–water partition coefficient (Wildman–Crippen LogP) is -3.85. The van der Waals surface area contributed by atoms with E-state index in [4.69, 9.17) is 0 Å². The first-order chi connectivity index (χ1) is 3.30. The summed E-state index contributed by atoms with van der Waals surface area (Å²) < 4.78 is 8.50. The summed E-state index contributed by atoms with van der Waals surface area (Å²) >= 11 is -1.66. The summed E-state index contributed by atoms with van der Waals surface area (Å²) in [7, 11) is 0. The Morgan fingerprint density at radius 2 is 1.20 bits per heavy atom. The van der Waals surface area contributed by atoms with Gasteiger partial charge in [0.1, 0.15) is 0 Å². The molecule has 0 saturated carbocycles. The zero-order valence-corrected chi connectivity index (χ0v) is 8.52. The molecule has 1 heterocycles. The summed E-state index contributed by atoms with van der Waals surface area (Å²) in [4.78, 5) is 19.9. The van der Waals surface area contributed by atoms with Gasteiger partial charge < -0.3 is 16.4 Å². The molecule has 10 heavy (non-hydrogen) atoms. The molecule has 8 heteroatoms. The summed E-state index contributed by atoms with van der Waals surface area (Å²) in [5.41, 5.74) is 0. The third-order valence-electron chi connectivity index (χ3n) is 0.435. The van der Waals surface area contributed by atoms with E-state index in [1.807, 2.05) is 0 Å². The molecule has 60 valence electrons. The van der Waals surface area contributed by atoms with Crippen molar-refractivity contribution in [2.24, 2.45) is 0 Å². The van der Waals surface area contributed by atoms with Crippen molar-refractivity contribution in [1.82, 2.24) is 0 Å². The molecule has 6 N–H and O–H groups in total. The topological polar surface area (TPSA) is 147 Å². The molecule has 0 bridgehead atoms. The summed E-state index contributed by atoms with van der Waals surface area (Å²) in [5, 5.41) is 0. The molecular formula is C2H6O7Pb. The van der Waals surface area contributed by atoms with E-state index < -0.39 is 37.1 Å². The van der Waals surface area contributed by atoms with Crippen molar-refractivity contribution in [2.75, 3.05) is 0 Å². The molecule has 0 spiro atoms. The SMILES string of the molecule is O.O.O.O=C1[O][Pb][O]C1=O. The molecule has 7 nitrogen and oxygen atoms in total. The zero-order chi connectivity index (χ0) is 5.28. The average molecular weight is 349 g/mol. The molecule has 0 aromatic carbocycles. The molecule has 0 unspecified atom stereocenters. The van der Waals surface area contributed by atoms with Gasteiger partial charge in [0.25, 0.3) is 0 Å². The summed E-state index contributed by atoms with van der Waals surface area (Å²) in [6, 6.07) is 0. The van der Waals surface area contributed by atoms with Gasteiger partial charge >= 0.3 is 52.0 Å². The van der Waals surface area contributed by atoms with Crippen molar-refractivity contribution in [2.45, 2.75) is 0 Å². The fourth-order valence-electron chi connectivity index (χ4n) is 0.180. The predicted molar refractivity (Wildman–Crippen MR) is 28.8 cm³/mol. The van der Waals surface area contributed by atoms with Crippen molar-refractivity contribution < 1.29 is 31.4 Å². The zero-order valence-electron chi connectivity index (χ0n) is 4.63. The van der Waals surface area contributed by atoms with Gasteiger partial charge in [-0.15, -0.1) is 0 Å². The van der Waals surface area contributed by atoms with Crippen molar-refractivity contribution in [1.29, 1.82) is 0 Å². The van der Waals surface area contributed by atoms with Crippen LogP contribution in [0.4, 0.5) is 0 Å². The molecular weight excluding hydrogens is 343 g/mol. The Hall–Kier alpha value is -0.258. The van der Waals surface area contributed by atoms with E-state index >= 15 is 0 Å². The first kappa shape index (κ1) is 16.4. The number of carbonyl (C=O) groups is 2. The Balaban J connectivity index is -0.000000163. The van der Waals surface area contributed by atoms with Crippen LogP contribution in [0.15, 0.2) is 0 Å². The molecule has 0 amide bonds. The van der Waals surface area contributed by atoms with Crippen LogP contribution in [-0.2, 0) is 15.0 Å². The van der Waals surface area contributed by atoms with E-state index in [1.165, 1.54) is 0 Å². The van der Waals surface area contributed by atoms with E-state index in [-0.39, 0.29) is 16.4 Å². The molecule has 0 aromatic rings. The fourth-order valence-corrected chi connectivity index (χ4v) is 1.58. The molecule has 1 rings (SSSR count). The van der Waals surface area contributed by atoms with Crippen LogP contribution in [0.1, 0.15) is 0 Å². The number of hydrogen-bond donors (Lipinski definition) is 0. The van der Waals surface area contributed by atoms with E-state index in [0.29, 0.717) is 0 Å². The molecule has 1 aliphatic heterocycles. The van der Waals surface area contributed by atoms with Gasteiger partial charge in [-0.25, -0.2) is 0 Å². The van der Waals surface area contributed by atoms with Crippen LogP contribution in [0.3, 0.4) is 0 Å². The monoisotopic (exact) mass is 350 g/mol. The quantitative estimate of drug-likeness (QED) is 0.325. The standard InChI is InChI=1S/C2H2O4.3H2O.Pb/c3-1(4)2(5)6;;;;/h(H,3,4)(H,5,6);3*1H2;/q;;;;+2/p-2. The van der Waals surface area contributed by atoms with E-state index in [0.717, 1.165) is 0 Å². The van der Waals surface area contributed by atoms with Crippen LogP contribution in [-0.4, -0.2) is 53.5 Å². The first-order valence-electron chi connectivity index (χ1n) is 1.47. The summed E-state index contributed by atoms with van der Waals surface area (Å²) in [6.07, 6.45) is 0. The molecule has 0 atom stereocenters. The van der Waals surface area contributed by atoms with Crippen LogP contribution in [0.25, 0.3) is 0 Å². The van der Waals surface area contributed by atoms with E-state index in [9.17, 15) is 9.59 Å². The first-order valence-corrected chi connectivity index (χ1v) is 4.65. The maximum atomic E-state index is 9.93. The summed E-state index contributed by atoms with van der Waals surface area (Å²) in [6.45, 7) is 0. The van der Waals surface area contributed by atoms with Crippen LogP contribution in [0.5, 0.6) is 0 Å². The molecule has 1 fully saturated rings. The Morgan fingerprint density at radius 1 is 0.900 bits per heavy atom. The Bertz CT molecular complexity index is 107. The van der Waals surface area contributed by atoms with E-state index in [2.05, 4.69) is 5.37 Å². The Labute approximate surface area is 68.7 Å². The molecule has 1 saturated heterocycles. The Kier molecular flexibility index (Phi) is 11.2. The van der Waals surface area contributed by atoms with Crippen molar-refractivity contribution in [3.63, 3.8) is 0 Å². The molecule has 1 aliphatic rings. The van der Waals surface area contributed by atoms with Crippen LogP contribution >= 0.6 is 0 Å². The number of hydrogen-bond acceptors (Lipinski definition) is 4. The van der Waals surface area contributed by atoms with Crippen molar-refractivity contribution in [3.05, 3.63) is 0 Å². The normalized spacial score (nSPS) is 13.2. The van der Waals surface area contributed by atoms with Gasteiger partial charge in [-0.05, 0) is 0 Å². The van der Waals surface area contributed by atoms with Gasteiger partial charge in [0, 0.05) is 0 Å². The second-order valence-electron chi connectivity index (χ2n) is 0.862. The average Bonchev–Trinajstić information content (AvgIpc) is 1.91. The van der Waals surface area contributed by atoms with E-state index in [1.54, 1.807) is 0 Å². The number of rotatable bonds is 0. The van der Waals surface area contributed by atoms with Crippen molar-refractivity contribution >= 4 is 37.1 Å². The molecule has 0 aliphatic carbocycles.